The molecule has 130 valence electrons. The van der Waals surface area contributed by atoms with Crippen LogP contribution < -0.4 is 4.90 Å². The summed E-state index contributed by atoms with van der Waals surface area (Å²) in [5.74, 6) is 2.23. The number of fused-ring (bicyclic) bond motifs is 1. The molecule has 4 rings (SSSR count). The van der Waals surface area contributed by atoms with Gasteiger partial charge in [0.2, 0.25) is 0 Å². The molecule has 2 aromatic heterocycles. The minimum Gasteiger partial charge on any atom is -0.352 e. The minimum absolute atomic E-state index is 0.0429. The van der Waals surface area contributed by atoms with Gasteiger partial charge in [-0.3, -0.25) is 0 Å². The second kappa shape index (κ2) is 5.36. The van der Waals surface area contributed by atoms with Crippen LogP contribution in [0.25, 0.3) is 5.65 Å². The number of likely N-dealkylation sites (N-methyl/N-ethyl adjacent to an activating group) is 1. The molecule has 2 fully saturated rings. The number of hydrogen-bond acceptors (Lipinski definition) is 6. The van der Waals surface area contributed by atoms with E-state index in [2.05, 4.69) is 20.2 Å². The van der Waals surface area contributed by atoms with Gasteiger partial charge in [0.1, 0.15) is 5.82 Å². The normalized spacial score (nSPS) is 19.5. The average Bonchev–Trinajstić information content (AvgIpc) is 3.25. The molecule has 2 aromatic rings. The van der Waals surface area contributed by atoms with Gasteiger partial charge in [0.05, 0.1) is 6.04 Å². The molecule has 0 spiro atoms. The Morgan fingerprint density at radius 3 is 2.46 bits per heavy atom. The Hall–Kier alpha value is -1.78. The van der Waals surface area contributed by atoms with Crippen molar-refractivity contribution >= 4 is 21.7 Å². The maximum absolute atomic E-state index is 12.2. The van der Waals surface area contributed by atoms with E-state index in [0.29, 0.717) is 19.0 Å². The lowest BCUT2D eigenvalue weighted by atomic mass is 10.1. The molecule has 0 N–H and O–H groups in total. The van der Waals surface area contributed by atoms with Crippen molar-refractivity contribution in [2.75, 3.05) is 39.1 Å². The van der Waals surface area contributed by atoms with Gasteiger partial charge in [0, 0.05) is 40.2 Å². The molecule has 1 aliphatic heterocycles. The Morgan fingerprint density at radius 1 is 1.12 bits per heavy atom. The van der Waals surface area contributed by atoms with E-state index in [1.54, 1.807) is 21.1 Å². The molecule has 0 radical (unpaired) electrons. The molecule has 1 saturated carbocycles. The smallest absolute Gasteiger partial charge is 0.281 e. The van der Waals surface area contributed by atoms with Crippen LogP contribution in [0, 0.1) is 0 Å². The van der Waals surface area contributed by atoms with Crippen molar-refractivity contribution in [1.82, 2.24) is 28.4 Å². The van der Waals surface area contributed by atoms with Gasteiger partial charge in [-0.15, -0.1) is 15.3 Å². The first-order valence-electron chi connectivity index (χ1n) is 8.00. The van der Waals surface area contributed by atoms with E-state index in [9.17, 15) is 8.42 Å². The average molecular weight is 351 g/mol. The van der Waals surface area contributed by atoms with Crippen LogP contribution in [-0.4, -0.2) is 77.1 Å². The molecule has 0 unspecified atom stereocenters. The lowest BCUT2D eigenvalue weighted by molar-refractivity contribution is 0.293. The highest BCUT2D eigenvalue weighted by molar-refractivity contribution is 7.86. The minimum atomic E-state index is -3.38. The Balaban J connectivity index is 1.51. The maximum Gasteiger partial charge on any atom is 0.281 e. The summed E-state index contributed by atoms with van der Waals surface area (Å²) >= 11 is 0. The molecule has 24 heavy (non-hydrogen) atoms. The second-order valence-corrected chi connectivity index (χ2v) is 8.86. The van der Waals surface area contributed by atoms with Crippen LogP contribution in [-0.2, 0) is 10.2 Å². The van der Waals surface area contributed by atoms with E-state index in [1.165, 1.54) is 8.61 Å². The summed E-state index contributed by atoms with van der Waals surface area (Å²) < 4.78 is 28.8. The molecule has 3 heterocycles. The fraction of sp³-hybridized carbons (Fsp3) is 0.643. The Bertz CT molecular complexity index is 868. The number of aromatic nitrogens is 4. The van der Waals surface area contributed by atoms with E-state index in [-0.39, 0.29) is 6.04 Å². The van der Waals surface area contributed by atoms with Crippen LogP contribution >= 0.6 is 0 Å². The van der Waals surface area contributed by atoms with Crippen molar-refractivity contribution in [2.45, 2.75) is 24.8 Å². The first-order valence-corrected chi connectivity index (χ1v) is 9.40. The fourth-order valence-electron chi connectivity index (χ4n) is 2.88. The second-order valence-electron chi connectivity index (χ2n) is 6.66. The number of anilines is 1. The highest BCUT2D eigenvalue weighted by Gasteiger charge is 2.37. The topological polar surface area (TPSA) is 86.9 Å². The zero-order valence-corrected chi connectivity index (χ0v) is 14.8. The van der Waals surface area contributed by atoms with Gasteiger partial charge >= 0.3 is 0 Å². The summed E-state index contributed by atoms with van der Waals surface area (Å²) in [6.45, 7) is 1.26. The van der Waals surface area contributed by atoms with E-state index < -0.39 is 10.2 Å². The standard InChI is InChI=1S/C14H21N7O2S/c1-18(2)24(22,23)19(3)11-8-20(9-11)13-7-6-12-15-16-14(10-4-5-10)21(12)17-13/h6-7,10-11H,4-5,8-9H2,1-3H3. The molecule has 1 saturated heterocycles. The summed E-state index contributed by atoms with van der Waals surface area (Å²) in [6.07, 6.45) is 2.29. The van der Waals surface area contributed by atoms with Gasteiger partial charge in [-0.05, 0) is 25.0 Å². The zero-order chi connectivity index (χ0) is 17.1. The third-order valence-electron chi connectivity index (χ3n) is 4.74. The summed E-state index contributed by atoms with van der Waals surface area (Å²) in [5.41, 5.74) is 0.755. The summed E-state index contributed by atoms with van der Waals surface area (Å²) in [6, 6.07) is 3.78. The third-order valence-corrected chi connectivity index (χ3v) is 6.69. The van der Waals surface area contributed by atoms with Gasteiger partial charge in [0.15, 0.2) is 11.5 Å². The largest absolute Gasteiger partial charge is 0.352 e. The Labute approximate surface area is 141 Å². The van der Waals surface area contributed by atoms with E-state index in [4.69, 9.17) is 0 Å². The van der Waals surface area contributed by atoms with Gasteiger partial charge in [-0.25, -0.2) is 0 Å². The molecule has 10 heteroatoms. The summed E-state index contributed by atoms with van der Waals surface area (Å²) in [5, 5.41) is 13.0. The van der Waals surface area contributed by atoms with E-state index >= 15 is 0 Å². The molecule has 0 amide bonds. The summed E-state index contributed by atoms with van der Waals surface area (Å²) in [4.78, 5) is 2.07. The predicted octanol–water partition coefficient (Wildman–Crippen LogP) is -0.0715. The van der Waals surface area contributed by atoms with Crippen molar-refractivity contribution in [1.29, 1.82) is 0 Å². The van der Waals surface area contributed by atoms with Crippen LogP contribution in [0.15, 0.2) is 12.1 Å². The molecule has 0 bridgehead atoms. The summed E-state index contributed by atoms with van der Waals surface area (Å²) in [7, 11) is 1.33. The van der Waals surface area contributed by atoms with Crippen LogP contribution in [0.3, 0.4) is 0 Å². The third kappa shape index (κ3) is 2.45. The van der Waals surface area contributed by atoms with Crippen molar-refractivity contribution in [2.24, 2.45) is 0 Å². The molecule has 0 aromatic carbocycles. The van der Waals surface area contributed by atoms with Crippen LogP contribution in [0.2, 0.25) is 0 Å². The van der Waals surface area contributed by atoms with Crippen molar-refractivity contribution < 1.29 is 8.42 Å². The monoisotopic (exact) mass is 351 g/mol. The molecular formula is C14H21N7O2S. The molecule has 9 nitrogen and oxygen atoms in total. The number of nitrogens with zero attached hydrogens (tertiary/aromatic N) is 7. The number of rotatable bonds is 5. The highest BCUT2D eigenvalue weighted by Crippen LogP contribution is 2.38. The molecule has 2 aliphatic rings. The van der Waals surface area contributed by atoms with Crippen molar-refractivity contribution in [3.63, 3.8) is 0 Å². The zero-order valence-electron chi connectivity index (χ0n) is 14.0. The quantitative estimate of drug-likeness (QED) is 0.749. The van der Waals surface area contributed by atoms with Crippen LogP contribution in [0.5, 0.6) is 0 Å². The van der Waals surface area contributed by atoms with Gasteiger partial charge in [-0.1, -0.05) is 0 Å². The van der Waals surface area contributed by atoms with Crippen molar-refractivity contribution in [3.8, 4) is 0 Å². The first kappa shape index (κ1) is 15.7. The molecular weight excluding hydrogens is 330 g/mol. The number of hydrogen-bond donors (Lipinski definition) is 0. The lowest BCUT2D eigenvalue weighted by Crippen LogP contribution is -2.61. The Kier molecular flexibility index (Phi) is 3.52. The fourth-order valence-corrected chi connectivity index (χ4v) is 3.90. The van der Waals surface area contributed by atoms with E-state index in [0.717, 1.165) is 30.1 Å². The van der Waals surface area contributed by atoms with Crippen LogP contribution in [0.4, 0.5) is 5.82 Å². The lowest BCUT2D eigenvalue weighted by Gasteiger charge is -2.44. The first-order chi connectivity index (χ1) is 11.4. The van der Waals surface area contributed by atoms with Gasteiger partial charge in [0.25, 0.3) is 10.2 Å². The Morgan fingerprint density at radius 2 is 1.83 bits per heavy atom. The maximum atomic E-state index is 12.2. The van der Waals surface area contributed by atoms with Gasteiger partial charge < -0.3 is 4.90 Å². The highest BCUT2D eigenvalue weighted by atomic mass is 32.2. The molecule has 0 atom stereocenters. The van der Waals surface area contributed by atoms with Crippen molar-refractivity contribution in [3.05, 3.63) is 18.0 Å². The van der Waals surface area contributed by atoms with Crippen LogP contribution in [0.1, 0.15) is 24.6 Å². The van der Waals surface area contributed by atoms with Gasteiger partial charge in [-0.2, -0.15) is 21.5 Å². The molecule has 1 aliphatic carbocycles. The predicted molar refractivity (Wildman–Crippen MR) is 89.1 cm³/mol. The van der Waals surface area contributed by atoms with E-state index in [1.807, 2.05) is 16.6 Å². The SMILES string of the molecule is CN(C)S(=O)(=O)N(C)C1CN(c2ccc3nnc(C4CC4)n3n2)C1.